The van der Waals surface area contributed by atoms with Crippen LogP contribution in [-0.4, -0.2) is 42.9 Å². The van der Waals surface area contributed by atoms with Crippen molar-refractivity contribution < 1.29 is 9.84 Å². The van der Waals surface area contributed by atoms with E-state index in [1.54, 1.807) is 0 Å². The monoisotopic (exact) mass is 259 g/mol. The zero-order valence-corrected chi connectivity index (χ0v) is 11.4. The minimum Gasteiger partial charge on any atom is -0.384 e. The molecule has 1 heterocycles. The van der Waals surface area contributed by atoms with Gasteiger partial charge in [0, 0.05) is 25.3 Å². The van der Waals surface area contributed by atoms with Crippen molar-refractivity contribution in [3.05, 3.63) is 35.4 Å². The second-order valence-corrected chi connectivity index (χ2v) is 4.99. The maximum Gasteiger partial charge on any atom is 0.104 e. The molecule has 1 aromatic carbocycles. The number of nitrogens with zero attached hydrogens (tertiary/aromatic N) is 1. The van der Waals surface area contributed by atoms with E-state index in [-0.39, 0.29) is 6.61 Å². The Hall–Kier alpha value is -1.34. The van der Waals surface area contributed by atoms with E-state index in [0.29, 0.717) is 6.10 Å². The van der Waals surface area contributed by atoms with Gasteiger partial charge in [0.15, 0.2) is 0 Å². The van der Waals surface area contributed by atoms with Crippen LogP contribution in [0, 0.1) is 11.8 Å². The lowest BCUT2D eigenvalue weighted by Crippen LogP contribution is -2.28. The molecule has 3 heteroatoms. The van der Waals surface area contributed by atoms with Crippen molar-refractivity contribution >= 4 is 0 Å². The van der Waals surface area contributed by atoms with Crippen LogP contribution in [0.15, 0.2) is 24.3 Å². The van der Waals surface area contributed by atoms with Crippen LogP contribution < -0.4 is 0 Å². The molecule has 102 valence electrons. The van der Waals surface area contributed by atoms with Crippen LogP contribution in [0.25, 0.3) is 0 Å². The fourth-order valence-corrected chi connectivity index (χ4v) is 2.40. The third kappa shape index (κ3) is 4.68. The van der Waals surface area contributed by atoms with Crippen LogP contribution in [0.2, 0.25) is 0 Å². The second kappa shape index (κ2) is 7.30. The molecule has 0 bridgehead atoms. The predicted molar refractivity (Wildman–Crippen MR) is 75.7 cm³/mol. The Bertz CT molecular complexity index is 455. The summed E-state index contributed by atoms with van der Waals surface area (Å²) in [6.45, 7) is 2.69. The predicted octanol–water partition coefficient (Wildman–Crippen LogP) is 1.64. The number of rotatable bonds is 4. The maximum absolute atomic E-state index is 8.71. The van der Waals surface area contributed by atoms with E-state index >= 15 is 0 Å². The normalized spacial score (nSPS) is 18.4. The van der Waals surface area contributed by atoms with Crippen molar-refractivity contribution in [2.45, 2.75) is 25.5 Å². The first-order chi connectivity index (χ1) is 9.28. The zero-order valence-electron chi connectivity index (χ0n) is 11.4. The summed E-state index contributed by atoms with van der Waals surface area (Å²) >= 11 is 0. The highest BCUT2D eigenvalue weighted by Gasteiger charge is 2.17. The average molecular weight is 259 g/mol. The average Bonchev–Trinajstić information content (AvgIpc) is 2.89. The molecule has 0 aliphatic carbocycles. The summed E-state index contributed by atoms with van der Waals surface area (Å²) in [5.74, 6) is 5.61. The molecule has 0 amide bonds. The number of likely N-dealkylation sites (N-methyl/N-ethyl adjacent to an activating group) is 1. The molecule has 1 aliphatic heterocycles. The Balaban J connectivity index is 1.90. The van der Waals surface area contributed by atoms with E-state index in [0.717, 1.165) is 25.3 Å². The van der Waals surface area contributed by atoms with Crippen molar-refractivity contribution in [3.8, 4) is 11.8 Å². The van der Waals surface area contributed by atoms with E-state index in [2.05, 4.69) is 35.9 Å². The van der Waals surface area contributed by atoms with Gasteiger partial charge in [0.25, 0.3) is 0 Å². The number of aliphatic hydroxyl groups excluding tert-OH is 1. The largest absolute Gasteiger partial charge is 0.384 e. The first-order valence-electron chi connectivity index (χ1n) is 6.77. The van der Waals surface area contributed by atoms with E-state index in [4.69, 9.17) is 9.84 Å². The van der Waals surface area contributed by atoms with Crippen molar-refractivity contribution in [1.82, 2.24) is 4.90 Å². The van der Waals surface area contributed by atoms with Crippen molar-refractivity contribution in [2.75, 3.05) is 26.8 Å². The lowest BCUT2D eigenvalue weighted by molar-refractivity contribution is 0.0793. The Morgan fingerprint density at radius 1 is 1.47 bits per heavy atom. The van der Waals surface area contributed by atoms with Crippen molar-refractivity contribution in [2.24, 2.45) is 0 Å². The first kappa shape index (κ1) is 14.1. The van der Waals surface area contributed by atoms with Gasteiger partial charge in [-0.25, -0.2) is 0 Å². The molecule has 2 rings (SSSR count). The highest BCUT2D eigenvalue weighted by Crippen LogP contribution is 2.14. The van der Waals surface area contributed by atoms with E-state index in [1.165, 1.54) is 18.4 Å². The molecule has 1 atom stereocenters. The van der Waals surface area contributed by atoms with Gasteiger partial charge in [0.1, 0.15) is 6.61 Å². The molecule has 1 N–H and O–H groups in total. The number of aliphatic hydroxyl groups is 1. The quantitative estimate of drug-likeness (QED) is 0.834. The second-order valence-electron chi connectivity index (χ2n) is 4.99. The summed E-state index contributed by atoms with van der Waals surface area (Å²) in [5.41, 5.74) is 2.20. The maximum atomic E-state index is 8.71. The smallest absolute Gasteiger partial charge is 0.104 e. The van der Waals surface area contributed by atoms with Crippen LogP contribution >= 0.6 is 0 Å². The van der Waals surface area contributed by atoms with Crippen LogP contribution in [0.5, 0.6) is 0 Å². The van der Waals surface area contributed by atoms with Gasteiger partial charge in [-0.2, -0.15) is 0 Å². The highest BCUT2D eigenvalue weighted by molar-refractivity contribution is 5.37. The third-order valence-corrected chi connectivity index (χ3v) is 3.23. The number of benzene rings is 1. The molecule has 1 aliphatic rings. The van der Waals surface area contributed by atoms with Gasteiger partial charge in [-0.15, -0.1) is 0 Å². The highest BCUT2D eigenvalue weighted by atomic mass is 16.5. The lowest BCUT2D eigenvalue weighted by Gasteiger charge is -2.20. The molecule has 0 aromatic heterocycles. The van der Waals surface area contributed by atoms with Crippen LogP contribution in [0.4, 0.5) is 0 Å². The van der Waals surface area contributed by atoms with Gasteiger partial charge in [-0.05, 0) is 37.6 Å². The SMILES string of the molecule is CN(Cc1cccc(C#CCO)c1)CC1CCCO1. The van der Waals surface area contributed by atoms with Gasteiger partial charge in [-0.3, -0.25) is 4.90 Å². The van der Waals surface area contributed by atoms with Gasteiger partial charge in [0.05, 0.1) is 6.10 Å². The number of hydrogen-bond donors (Lipinski definition) is 1. The summed E-state index contributed by atoms with van der Waals surface area (Å²) in [5, 5.41) is 8.71. The van der Waals surface area contributed by atoms with Gasteiger partial charge >= 0.3 is 0 Å². The molecule has 3 nitrogen and oxygen atoms in total. The molecule has 1 aromatic rings. The fraction of sp³-hybridized carbons (Fsp3) is 0.500. The molecule has 0 radical (unpaired) electrons. The molecule has 1 unspecified atom stereocenters. The topological polar surface area (TPSA) is 32.7 Å². The summed E-state index contributed by atoms with van der Waals surface area (Å²) in [6.07, 6.45) is 2.75. The molecule has 19 heavy (non-hydrogen) atoms. The van der Waals surface area contributed by atoms with E-state index < -0.39 is 0 Å². The molecule has 0 spiro atoms. The minimum absolute atomic E-state index is 0.0941. The molecule has 1 fully saturated rings. The van der Waals surface area contributed by atoms with Gasteiger partial charge in [-0.1, -0.05) is 24.0 Å². The Morgan fingerprint density at radius 2 is 2.37 bits per heavy atom. The van der Waals surface area contributed by atoms with Gasteiger partial charge in [0.2, 0.25) is 0 Å². The molecular formula is C16H21NO2. The standard InChI is InChI=1S/C16H21NO2/c1-17(13-16-8-4-10-19-16)12-15-6-2-5-14(11-15)7-3-9-18/h2,5-6,11,16,18H,4,8-10,12-13H2,1H3. The molecular weight excluding hydrogens is 238 g/mol. The summed E-state index contributed by atoms with van der Waals surface area (Å²) in [6, 6.07) is 8.16. The Kier molecular flexibility index (Phi) is 5.41. The van der Waals surface area contributed by atoms with E-state index in [9.17, 15) is 0 Å². The third-order valence-electron chi connectivity index (χ3n) is 3.23. The van der Waals surface area contributed by atoms with Crippen LogP contribution in [0.1, 0.15) is 24.0 Å². The lowest BCUT2D eigenvalue weighted by atomic mass is 10.1. The van der Waals surface area contributed by atoms with E-state index in [1.807, 2.05) is 12.1 Å². The molecule has 0 saturated carbocycles. The summed E-state index contributed by atoms with van der Waals surface area (Å²) < 4.78 is 5.65. The number of hydrogen-bond acceptors (Lipinski definition) is 3. The summed E-state index contributed by atoms with van der Waals surface area (Å²) in [4.78, 5) is 2.29. The van der Waals surface area contributed by atoms with Crippen LogP contribution in [0.3, 0.4) is 0 Å². The molecule has 1 saturated heterocycles. The minimum atomic E-state index is -0.0941. The van der Waals surface area contributed by atoms with Gasteiger partial charge < -0.3 is 9.84 Å². The first-order valence-corrected chi connectivity index (χ1v) is 6.77. The number of ether oxygens (including phenoxy) is 1. The Labute approximate surface area is 115 Å². The summed E-state index contributed by atoms with van der Waals surface area (Å²) in [7, 11) is 2.12. The zero-order chi connectivity index (χ0) is 13.5. The van der Waals surface area contributed by atoms with Crippen molar-refractivity contribution in [3.63, 3.8) is 0 Å². The fourth-order valence-electron chi connectivity index (χ4n) is 2.40. The Morgan fingerprint density at radius 3 is 3.11 bits per heavy atom. The van der Waals surface area contributed by atoms with Crippen molar-refractivity contribution in [1.29, 1.82) is 0 Å². The van der Waals surface area contributed by atoms with Crippen LogP contribution in [-0.2, 0) is 11.3 Å².